The van der Waals surface area contributed by atoms with E-state index < -0.39 is 0 Å². The Morgan fingerprint density at radius 1 is 1.18 bits per heavy atom. The number of imide groups is 1. The van der Waals surface area contributed by atoms with Gasteiger partial charge in [0.2, 0.25) is 17.7 Å². The van der Waals surface area contributed by atoms with Crippen LogP contribution in [0.1, 0.15) is 25.7 Å². The lowest BCUT2D eigenvalue weighted by Gasteiger charge is -2.33. The summed E-state index contributed by atoms with van der Waals surface area (Å²) in [6, 6.07) is 0. The smallest absolute Gasteiger partial charge is 0.242 e. The molecule has 0 atom stereocenters. The number of piperidine rings is 1. The number of nitrogens with zero attached hydrogens (tertiary/aromatic N) is 4. The van der Waals surface area contributed by atoms with E-state index in [0.717, 1.165) is 24.3 Å². The average molecular weight is 304 g/mol. The minimum Gasteiger partial charge on any atom is -0.341 e. The summed E-state index contributed by atoms with van der Waals surface area (Å²) in [5, 5.41) is 0. The van der Waals surface area contributed by atoms with Crippen molar-refractivity contribution in [2.75, 3.05) is 19.6 Å². The van der Waals surface area contributed by atoms with Gasteiger partial charge >= 0.3 is 0 Å². The van der Waals surface area contributed by atoms with E-state index in [1.807, 2.05) is 12.5 Å². The molecular weight excluding hydrogens is 284 g/mol. The highest BCUT2D eigenvalue weighted by Gasteiger charge is 2.32. The fourth-order valence-electron chi connectivity index (χ4n) is 3.09. The maximum atomic E-state index is 12.2. The maximum absolute atomic E-state index is 12.2. The van der Waals surface area contributed by atoms with Crippen LogP contribution in [0.2, 0.25) is 0 Å². The van der Waals surface area contributed by atoms with Gasteiger partial charge in [0, 0.05) is 44.9 Å². The molecular formula is C15H20N4O3. The standard InChI is InChI=1S/C15H20N4O3/c20-13-1-2-14(21)19(13)10-15(22)18-6-3-12(4-7-18)9-17-8-5-16-11-17/h5,8,11-12H,1-4,6-7,9-10H2. The van der Waals surface area contributed by atoms with Crippen molar-refractivity contribution in [1.82, 2.24) is 19.4 Å². The third-order valence-corrected chi connectivity index (χ3v) is 4.44. The van der Waals surface area contributed by atoms with Crippen molar-refractivity contribution in [2.45, 2.75) is 32.2 Å². The second-order valence-corrected chi connectivity index (χ2v) is 5.96. The topological polar surface area (TPSA) is 75.5 Å². The van der Waals surface area contributed by atoms with Gasteiger partial charge in [0.1, 0.15) is 6.54 Å². The zero-order chi connectivity index (χ0) is 15.5. The van der Waals surface area contributed by atoms with Gasteiger partial charge in [-0.1, -0.05) is 0 Å². The van der Waals surface area contributed by atoms with Crippen LogP contribution < -0.4 is 0 Å². The summed E-state index contributed by atoms with van der Waals surface area (Å²) >= 11 is 0. The predicted molar refractivity (Wildman–Crippen MR) is 77.5 cm³/mol. The second-order valence-electron chi connectivity index (χ2n) is 5.96. The van der Waals surface area contributed by atoms with Gasteiger partial charge in [-0.25, -0.2) is 4.98 Å². The highest BCUT2D eigenvalue weighted by Crippen LogP contribution is 2.20. The summed E-state index contributed by atoms with van der Waals surface area (Å²) in [5.74, 6) is -0.0420. The molecule has 2 saturated heterocycles. The van der Waals surface area contributed by atoms with Gasteiger partial charge in [0.05, 0.1) is 6.33 Å². The summed E-state index contributed by atoms with van der Waals surface area (Å²) in [6.07, 6.45) is 7.86. The number of rotatable bonds is 4. The molecule has 7 heteroatoms. The molecule has 3 heterocycles. The summed E-state index contributed by atoms with van der Waals surface area (Å²) in [7, 11) is 0. The van der Waals surface area contributed by atoms with Crippen molar-refractivity contribution in [3.8, 4) is 0 Å². The van der Waals surface area contributed by atoms with Crippen LogP contribution in [0.4, 0.5) is 0 Å². The van der Waals surface area contributed by atoms with E-state index >= 15 is 0 Å². The summed E-state index contributed by atoms with van der Waals surface area (Å²) in [6.45, 7) is 2.21. The fraction of sp³-hybridized carbons (Fsp3) is 0.600. The minimum atomic E-state index is -0.228. The minimum absolute atomic E-state index is 0.0934. The maximum Gasteiger partial charge on any atom is 0.242 e. The molecule has 0 spiro atoms. The van der Waals surface area contributed by atoms with Crippen molar-refractivity contribution in [1.29, 1.82) is 0 Å². The molecule has 118 valence electrons. The zero-order valence-corrected chi connectivity index (χ0v) is 12.5. The van der Waals surface area contributed by atoms with Crippen LogP contribution in [0.5, 0.6) is 0 Å². The Bertz CT molecular complexity index is 545. The largest absolute Gasteiger partial charge is 0.341 e. The second kappa shape index (κ2) is 6.29. The van der Waals surface area contributed by atoms with Gasteiger partial charge in [-0.15, -0.1) is 0 Å². The first kappa shape index (κ1) is 14.7. The molecule has 0 radical (unpaired) electrons. The predicted octanol–water partition coefficient (Wildman–Crippen LogP) is 0.271. The molecule has 3 rings (SSSR count). The lowest BCUT2D eigenvalue weighted by molar-refractivity contribution is -0.146. The van der Waals surface area contributed by atoms with Crippen molar-refractivity contribution in [2.24, 2.45) is 5.92 Å². The van der Waals surface area contributed by atoms with Crippen molar-refractivity contribution >= 4 is 17.7 Å². The SMILES string of the molecule is O=C(CN1C(=O)CCC1=O)N1CCC(Cn2ccnc2)CC1. The molecule has 0 aliphatic carbocycles. The Morgan fingerprint density at radius 2 is 1.86 bits per heavy atom. The average Bonchev–Trinajstić information content (AvgIpc) is 3.13. The number of imidazole rings is 1. The van der Waals surface area contributed by atoms with Crippen LogP contribution in [-0.2, 0) is 20.9 Å². The van der Waals surface area contributed by atoms with Gasteiger partial charge < -0.3 is 9.47 Å². The Balaban J connectivity index is 1.47. The molecule has 0 bridgehead atoms. The number of hydrogen-bond donors (Lipinski definition) is 0. The molecule has 1 aromatic heterocycles. The van der Waals surface area contributed by atoms with E-state index in [1.54, 1.807) is 11.1 Å². The molecule has 2 aliphatic rings. The van der Waals surface area contributed by atoms with Crippen molar-refractivity contribution in [3.63, 3.8) is 0 Å². The third-order valence-electron chi connectivity index (χ3n) is 4.44. The van der Waals surface area contributed by atoms with Crippen LogP contribution in [0, 0.1) is 5.92 Å². The van der Waals surface area contributed by atoms with E-state index in [0.29, 0.717) is 19.0 Å². The van der Waals surface area contributed by atoms with Crippen LogP contribution in [-0.4, -0.2) is 56.7 Å². The number of likely N-dealkylation sites (tertiary alicyclic amines) is 2. The summed E-state index contributed by atoms with van der Waals surface area (Å²) in [5.41, 5.74) is 0. The Hall–Kier alpha value is -2.18. The third kappa shape index (κ3) is 3.18. The van der Waals surface area contributed by atoms with Gasteiger partial charge in [-0.3, -0.25) is 19.3 Å². The van der Waals surface area contributed by atoms with Crippen molar-refractivity contribution < 1.29 is 14.4 Å². The highest BCUT2D eigenvalue weighted by atomic mass is 16.2. The number of aromatic nitrogens is 2. The van der Waals surface area contributed by atoms with E-state index in [4.69, 9.17) is 0 Å². The van der Waals surface area contributed by atoms with Gasteiger partial charge in [-0.2, -0.15) is 0 Å². The Labute approximate surface area is 128 Å². The molecule has 2 aliphatic heterocycles. The van der Waals surface area contributed by atoms with Crippen LogP contribution >= 0.6 is 0 Å². The molecule has 0 N–H and O–H groups in total. The van der Waals surface area contributed by atoms with Crippen LogP contribution in [0.15, 0.2) is 18.7 Å². The molecule has 2 fully saturated rings. The fourth-order valence-corrected chi connectivity index (χ4v) is 3.09. The first-order chi connectivity index (χ1) is 10.6. The quantitative estimate of drug-likeness (QED) is 0.748. The first-order valence-corrected chi connectivity index (χ1v) is 7.70. The first-order valence-electron chi connectivity index (χ1n) is 7.70. The molecule has 0 aromatic carbocycles. The number of carbonyl (C=O) groups excluding carboxylic acids is 3. The van der Waals surface area contributed by atoms with E-state index in [1.165, 1.54) is 0 Å². The van der Waals surface area contributed by atoms with Crippen LogP contribution in [0.25, 0.3) is 0 Å². The molecule has 0 saturated carbocycles. The van der Waals surface area contributed by atoms with Gasteiger partial charge in [0.15, 0.2) is 0 Å². The lowest BCUT2D eigenvalue weighted by Crippen LogP contribution is -2.45. The van der Waals surface area contributed by atoms with E-state index in [9.17, 15) is 14.4 Å². The number of amides is 3. The Kier molecular flexibility index (Phi) is 4.22. The van der Waals surface area contributed by atoms with E-state index in [-0.39, 0.29) is 37.1 Å². The normalized spacial score (nSPS) is 20.0. The zero-order valence-electron chi connectivity index (χ0n) is 12.5. The summed E-state index contributed by atoms with van der Waals surface area (Å²) in [4.78, 5) is 42.2. The highest BCUT2D eigenvalue weighted by molar-refractivity contribution is 6.04. The number of carbonyl (C=O) groups is 3. The van der Waals surface area contributed by atoms with E-state index in [2.05, 4.69) is 9.55 Å². The monoisotopic (exact) mass is 304 g/mol. The molecule has 7 nitrogen and oxygen atoms in total. The van der Waals surface area contributed by atoms with Crippen LogP contribution in [0.3, 0.4) is 0 Å². The van der Waals surface area contributed by atoms with Gasteiger partial charge in [0.25, 0.3) is 0 Å². The molecule has 0 unspecified atom stereocenters. The lowest BCUT2D eigenvalue weighted by atomic mass is 9.96. The number of hydrogen-bond acceptors (Lipinski definition) is 4. The van der Waals surface area contributed by atoms with Gasteiger partial charge in [-0.05, 0) is 18.8 Å². The van der Waals surface area contributed by atoms with Crippen molar-refractivity contribution in [3.05, 3.63) is 18.7 Å². The summed E-state index contributed by atoms with van der Waals surface area (Å²) < 4.78 is 2.06. The molecule has 22 heavy (non-hydrogen) atoms. The molecule has 1 aromatic rings. The molecule has 3 amide bonds. The Morgan fingerprint density at radius 3 is 2.45 bits per heavy atom.